The van der Waals surface area contributed by atoms with Crippen LogP contribution in [0.25, 0.3) is 0 Å². The van der Waals surface area contributed by atoms with Gasteiger partial charge in [0.1, 0.15) is 12.4 Å². The van der Waals surface area contributed by atoms with Crippen LogP contribution in [0.5, 0.6) is 5.75 Å². The number of hydrogen-bond acceptors (Lipinski definition) is 3. The number of unbranched alkanes of at least 4 members (excludes halogenated alkanes) is 1. The molecular formula is C24H24N2O2. The third-order valence-corrected chi connectivity index (χ3v) is 4.72. The Morgan fingerprint density at radius 2 is 1.79 bits per heavy atom. The highest BCUT2D eigenvalue weighted by molar-refractivity contribution is 5.37. The Bertz CT molecular complexity index is 1010. The molecule has 0 aliphatic heterocycles. The lowest BCUT2D eigenvalue weighted by atomic mass is 10.1. The Balaban J connectivity index is 1.69. The third-order valence-electron chi connectivity index (χ3n) is 4.72. The van der Waals surface area contributed by atoms with E-state index in [0.717, 1.165) is 41.8 Å². The summed E-state index contributed by atoms with van der Waals surface area (Å²) in [7, 11) is 0. The number of nitriles is 1. The van der Waals surface area contributed by atoms with Gasteiger partial charge in [-0.3, -0.25) is 4.79 Å². The number of benzene rings is 2. The minimum Gasteiger partial charge on any atom is -0.489 e. The Morgan fingerprint density at radius 3 is 2.54 bits per heavy atom. The van der Waals surface area contributed by atoms with E-state index in [0.29, 0.717) is 18.7 Å². The molecule has 1 heterocycles. The first-order valence-corrected chi connectivity index (χ1v) is 9.59. The van der Waals surface area contributed by atoms with Crippen molar-refractivity contribution in [1.29, 1.82) is 5.26 Å². The lowest BCUT2D eigenvalue weighted by Gasteiger charge is -2.13. The predicted molar refractivity (Wildman–Crippen MR) is 110 cm³/mol. The molecule has 3 rings (SSSR count). The van der Waals surface area contributed by atoms with Crippen molar-refractivity contribution in [2.75, 3.05) is 0 Å². The largest absolute Gasteiger partial charge is 0.489 e. The van der Waals surface area contributed by atoms with Crippen molar-refractivity contribution in [3.8, 4) is 11.8 Å². The first-order chi connectivity index (χ1) is 13.7. The maximum atomic E-state index is 12.3. The van der Waals surface area contributed by atoms with Crippen LogP contribution in [0.1, 0.15) is 42.1 Å². The van der Waals surface area contributed by atoms with Crippen LogP contribution in [0.4, 0.5) is 0 Å². The van der Waals surface area contributed by atoms with Crippen LogP contribution in [0.15, 0.2) is 71.5 Å². The minimum atomic E-state index is 0.0297. The van der Waals surface area contributed by atoms with Crippen molar-refractivity contribution in [3.05, 3.63) is 99.5 Å². The first-order valence-electron chi connectivity index (χ1n) is 9.59. The molecule has 0 spiro atoms. The molecule has 0 bridgehead atoms. The van der Waals surface area contributed by atoms with E-state index in [1.807, 2.05) is 59.2 Å². The molecule has 4 nitrogen and oxygen atoms in total. The van der Waals surface area contributed by atoms with E-state index < -0.39 is 0 Å². The van der Waals surface area contributed by atoms with E-state index >= 15 is 0 Å². The molecule has 0 fully saturated rings. The topological polar surface area (TPSA) is 55.0 Å². The van der Waals surface area contributed by atoms with Gasteiger partial charge in [0, 0.05) is 17.3 Å². The molecule has 4 heteroatoms. The Hall–Kier alpha value is -3.32. The number of rotatable bonds is 8. The van der Waals surface area contributed by atoms with Crippen LogP contribution in [0.2, 0.25) is 0 Å². The number of pyridine rings is 1. The van der Waals surface area contributed by atoms with Gasteiger partial charge in [-0.15, -0.1) is 0 Å². The van der Waals surface area contributed by atoms with Gasteiger partial charge >= 0.3 is 0 Å². The van der Waals surface area contributed by atoms with Gasteiger partial charge in [0.25, 0.3) is 5.56 Å². The highest BCUT2D eigenvalue weighted by Gasteiger charge is 2.06. The zero-order valence-corrected chi connectivity index (χ0v) is 16.1. The fourth-order valence-corrected chi connectivity index (χ4v) is 3.11. The molecule has 3 aromatic rings. The van der Waals surface area contributed by atoms with E-state index in [2.05, 4.69) is 13.0 Å². The van der Waals surface area contributed by atoms with Crippen LogP contribution < -0.4 is 10.3 Å². The molecule has 0 saturated heterocycles. The van der Waals surface area contributed by atoms with Gasteiger partial charge in [-0.25, -0.2) is 0 Å². The Morgan fingerprint density at radius 1 is 1.00 bits per heavy atom. The second-order valence-corrected chi connectivity index (χ2v) is 6.75. The Kier molecular flexibility index (Phi) is 6.64. The van der Waals surface area contributed by atoms with Crippen LogP contribution in [-0.4, -0.2) is 4.57 Å². The number of aromatic nitrogens is 1. The van der Waals surface area contributed by atoms with Crippen molar-refractivity contribution in [2.45, 2.75) is 39.3 Å². The fraction of sp³-hybridized carbons (Fsp3) is 0.250. The van der Waals surface area contributed by atoms with E-state index in [1.54, 1.807) is 12.1 Å². The average Bonchev–Trinajstić information content (AvgIpc) is 2.73. The number of hydrogen-bond donors (Lipinski definition) is 0. The van der Waals surface area contributed by atoms with Crippen LogP contribution >= 0.6 is 0 Å². The lowest BCUT2D eigenvalue weighted by molar-refractivity contribution is 0.306. The summed E-state index contributed by atoms with van der Waals surface area (Å²) in [5.41, 5.74) is 3.65. The van der Waals surface area contributed by atoms with Crippen molar-refractivity contribution < 1.29 is 4.74 Å². The van der Waals surface area contributed by atoms with E-state index in [-0.39, 0.29) is 5.56 Å². The average molecular weight is 372 g/mol. The lowest BCUT2D eigenvalue weighted by Crippen LogP contribution is -2.23. The first kappa shape index (κ1) is 19.4. The molecular weight excluding hydrogens is 348 g/mol. The van der Waals surface area contributed by atoms with Crippen LogP contribution in [-0.2, 0) is 19.6 Å². The molecule has 0 atom stereocenters. The van der Waals surface area contributed by atoms with E-state index in [9.17, 15) is 4.79 Å². The van der Waals surface area contributed by atoms with Gasteiger partial charge in [0.2, 0.25) is 0 Å². The fourth-order valence-electron chi connectivity index (χ4n) is 3.11. The molecule has 2 aromatic carbocycles. The maximum absolute atomic E-state index is 12.3. The normalized spacial score (nSPS) is 10.4. The van der Waals surface area contributed by atoms with Crippen molar-refractivity contribution in [1.82, 2.24) is 4.57 Å². The number of aryl methyl sites for hydroxylation is 1. The van der Waals surface area contributed by atoms with E-state index in [4.69, 9.17) is 10.00 Å². The van der Waals surface area contributed by atoms with Gasteiger partial charge in [-0.1, -0.05) is 49.7 Å². The summed E-state index contributed by atoms with van der Waals surface area (Å²) in [4.78, 5) is 12.3. The second kappa shape index (κ2) is 9.57. The number of nitrogens with zero attached hydrogens (tertiary/aromatic N) is 2. The van der Waals surface area contributed by atoms with Crippen molar-refractivity contribution in [2.24, 2.45) is 0 Å². The van der Waals surface area contributed by atoms with Crippen LogP contribution in [0, 0.1) is 11.3 Å². The molecule has 0 aliphatic rings. The zero-order valence-electron chi connectivity index (χ0n) is 16.1. The summed E-state index contributed by atoms with van der Waals surface area (Å²) in [5.74, 6) is 0.739. The standard InChI is InChI=1S/C24H24N2O2/c1-2-3-9-22-10-6-11-24(27)26(22)17-19-12-14-23(15-13-19)28-18-21-8-5-4-7-20(21)16-25/h4-8,10-15H,2-3,9,17-18H2,1H3. The van der Waals surface area contributed by atoms with E-state index in [1.165, 1.54) is 0 Å². The molecule has 28 heavy (non-hydrogen) atoms. The maximum Gasteiger partial charge on any atom is 0.251 e. The molecule has 142 valence electrons. The van der Waals surface area contributed by atoms with Gasteiger partial charge < -0.3 is 9.30 Å². The van der Waals surface area contributed by atoms with Crippen molar-refractivity contribution >= 4 is 0 Å². The second-order valence-electron chi connectivity index (χ2n) is 6.75. The molecule has 0 radical (unpaired) electrons. The monoisotopic (exact) mass is 372 g/mol. The SMILES string of the molecule is CCCCc1cccc(=O)n1Cc1ccc(OCc2ccccc2C#N)cc1. The summed E-state index contributed by atoms with van der Waals surface area (Å²) >= 11 is 0. The summed E-state index contributed by atoms with van der Waals surface area (Å²) in [6, 6.07) is 22.9. The van der Waals surface area contributed by atoms with Gasteiger partial charge in [0.05, 0.1) is 18.2 Å². The summed E-state index contributed by atoms with van der Waals surface area (Å²) in [6.45, 7) is 3.05. The summed E-state index contributed by atoms with van der Waals surface area (Å²) in [6.07, 6.45) is 3.08. The summed E-state index contributed by atoms with van der Waals surface area (Å²) in [5, 5.41) is 9.16. The van der Waals surface area contributed by atoms with Crippen LogP contribution in [0.3, 0.4) is 0 Å². The third kappa shape index (κ3) is 4.89. The highest BCUT2D eigenvalue weighted by atomic mass is 16.5. The molecule has 0 aliphatic carbocycles. The van der Waals surface area contributed by atoms with Gasteiger partial charge in [0.15, 0.2) is 0 Å². The van der Waals surface area contributed by atoms with Crippen molar-refractivity contribution in [3.63, 3.8) is 0 Å². The smallest absolute Gasteiger partial charge is 0.251 e. The molecule has 1 aromatic heterocycles. The highest BCUT2D eigenvalue weighted by Crippen LogP contribution is 2.17. The summed E-state index contributed by atoms with van der Waals surface area (Å²) < 4.78 is 7.66. The van der Waals surface area contributed by atoms with Gasteiger partial charge in [-0.2, -0.15) is 5.26 Å². The Labute approximate surface area is 165 Å². The molecule has 0 unspecified atom stereocenters. The molecule has 0 N–H and O–H groups in total. The quantitative estimate of drug-likeness (QED) is 0.576. The predicted octanol–water partition coefficient (Wildman–Crippen LogP) is 4.69. The molecule has 0 saturated carbocycles. The molecule has 0 amide bonds. The number of ether oxygens (including phenoxy) is 1. The van der Waals surface area contributed by atoms with Gasteiger partial charge in [-0.05, 0) is 42.7 Å². The minimum absolute atomic E-state index is 0.0297. The zero-order chi connectivity index (χ0) is 19.8.